The lowest BCUT2D eigenvalue weighted by molar-refractivity contribution is -0.126. The molecule has 0 saturated carbocycles. The van der Waals surface area contributed by atoms with E-state index in [1.807, 2.05) is 42.7 Å². The molecule has 2 aromatic carbocycles. The van der Waals surface area contributed by atoms with Gasteiger partial charge in [-0.2, -0.15) is 0 Å². The van der Waals surface area contributed by atoms with Gasteiger partial charge in [0.1, 0.15) is 5.82 Å². The van der Waals surface area contributed by atoms with Crippen molar-refractivity contribution in [2.45, 2.75) is 20.4 Å². The van der Waals surface area contributed by atoms with E-state index in [1.165, 1.54) is 11.0 Å². The van der Waals surface area contributed by atoms with Crippen LogP contribution in [-0.2, 0) is 11.3 Å². The van der Waals surface area contributed by atoms with Gasteiger partial charge in [0.25, 0.3) is 11.7 Å². The molecule has 0 unspecified atom stereocenters. The fraction of sp³-hybridized carbons (Fsp3) is 0.238. The zero-order valence-corrected chi connectivity index (χ0v) is 14.9. The van der Waals surface area contributed by atoms with Crippen LogP contribution in [0.5, 0.6) is 0 Å². The molecule has 1 amide bonds. The summed E-state index contributed by atoms with van der Waals surface area (Å²) in [5.74, 6) is -1.33. The van der Waals surface area contributed by atoms with Crippen LogP contribution in [0.3, 0.4) is 0 Å². The van der Waals surface area contributed by atoms with Crippen molar-refractivity contribution in [3.05, 3.63) is 71.7 Å². The van der Waals surface area contributed by atoms with E-state index in [1.54, 1.807) is 24.4 Å². The number of fused-ring (bicyclic) bond motifs is 1. The van der Waals surface area contributed by atoms with E-state index < -0.39 is 11.7 Å². The second-order valence-corrected chi connectivity index (χ2v) is 6.09. The molecule has 0 aliphatic heterocycles. The first-order valence-corrected chi connectivity index (χ1v) is 8.71. The van der Waals surface area contributed by atoms with Gasteiger partial charge in [-0.15, -0.1) is 0 Å². The molecule has 0 bridgehead atoms. The van der Waals surface area contributed by atoms with Crippen LogP contribution in [0, 0.1) is 5.82 Å². The molecule has 3 rings (SSSR count). The van der Waals surface area contributed by atoms with Crippen molar-refractivity contribution in [1.82, 2.24) is 9.47 Å². The molecule has 0 atom stereocenters. The Hall–Kier alpha value is -2.95. The molecule has 0 radical (unpaired) electrons. The Morgan fingerprint density at radius 3 is 2.35 bits per heavy atom. The molecule has 4 nitrogen and oxygen atoms in total. The van der Waals surface area contributed by atoms with Crippen LogP contribution in [0.4, 0.5) is 4.39 Å². The number of amides is 1. The highest BCUT2D eigenvalue weighted by Gasteiger charge is 2.25. The highest BCUT2D eigenvalue weighted by Crippen LogP contribution is 2.24. The molecular formula is C21H21FN2O2. The first-order chi connectivity index (χ1) is 12.6. The van der Waals surface area contributed by atoms with Crippen molar-refractivity contribution in [2.75, 3.05) is 13.1 Å². The maximum Gasteiger partial charge on any atom is 0.295 e. The van der Waals surface area contributed by atoms with Crippen molar-refractivity contribution >= 4 is 22.6 Å². The van der Waals surface area contributed by atoms with Crippen molar-refractivity contribution in [1.29, 1.82) is 0 Å². The minimum atomic E-state index is -0.530. The number of hydrogen-bond donors (Lipinski definition) is 0. The summed E-state index contributed by atoms with van der Waals surface area (Å²) in [6, 6.07) is 13.9. The van der Waals surface area contributed by atoms with E-state index in [-0.39, 0.29) is 5.82 Å². The Bertz CT molecular complexity index is 958. The molecule has 0 N–H and O–H groups in total. The molecule has 26 heavy (non-hydrogen) atoms. The maximum absolute atomic E-state index is 14.0. The van der Waals surface area contributed by atoms with E-state index >= 15 is 0 Å². The number of nitrogens with zero attached hydrogens (tertiary/aromatic N) is 2. The summed E-state index contributed by atoms with van der Waals surface area (Å²) in [6.45, 7) is 4.94. The van der Waals surface area contributed by atoms with Gasteiger partial charge in [0.2, 0.25) is 0 Å². The predicted octanol–water partition coefficient (Wildman–Crippen LogP) is 3.88. The molecule has 0 spiro atoms. The van der Waals surface area contributed by atoms with E-state index in [0.29, 0.717) is 36.1 Å². The molecule has 1 aromatic heterocycles. The second-order valence-electron chi connectivity index (χ2n) is 6.09. The summed E-state index contributed by atoms with van der Waals surface area (Å²) in [7, 11) is 0. The maximum atomic E-state index is 14.0. The van der Waals surface area contributed by atoms with Crippen LogP contribution in [0.2, 0.25) is 0 Å². The fourth-order valence-corrected chi connectivity index (χ4v) is 3.14. The van der Waals surface area contributed by atoms with Gasteiger partial charge >= 0.3 is 0 Å². The van der Waals surface area contributed by atoms with Gasteiger partial charge in [0.05, 0.1) is 12.1 Å². The molecular weight excluding hydrogens is 331 g/mol. The van der Waals surface area contributed by atoms with E-state index in [4.69, 9.17) is 0 Å². The van der Waals surface area contributed by atoms with Gasteiger partial charge in [-0.1, -0.05) is 36.4 Å². The molecule has 0 saturated heterocycles. The largest absolute Gasteiger partial charge is 0.342 e. The third-order valence-electron chi connectivity index (χ3n) is 4.58. The van der Waals surface area contributed by atoms with Gasteiger partial charge in [0.15, 0.2) is 0 Å². The molecule has 0 fully saturated rings. The van der Waals surface area contributed by atoms with E-state index in [9.17, 15) is 14.0 Å². The van der Waals surface area contributed by atoms with Crippen molar-refractivity contribution in [3.63, 3.8) is 0 Å². The van der Waals surface area contributed by atoms with Crippen LogP contribution < -0.4 is 0 Å². The smallest absolute Gasteiger partial charge is 0.295 e. The van der Waals surface area contributed by atoms with Crippen LogP contribution in [0.15, 0.2) is 54.7 Å². The number of para-hydroxylation sites is 1. The summed E-state index contributed by atoms with van der Waals surface area (Å²) in [6.07, 6.45) is 1.65. The van der Waals surface area contributed by atoms with Crippen LogP contribution >= 0.6 is 0 Å². The zero-order valence-electron chi connectivity index (χ0n) is 14.9. The van der Waals surface area contributed by atoms with Crippen molar-refractivity contribution < 1.29 is 14.0 Å². The lowest BCUT2D eigenvalue weighted by Gasteiger charge is -2.17. The number of carbonyl (C=O) groups is 2. The number of rotatable bonds is 6. The monoisotopic (exact) mass is 352 g/mol. The molecule has 1 heterocycles. The molecule has 5 heteroatoms. The molecule has 0 aliphatic rings. The minimum absolute atomic E-state index is 0.292. The Morgan fingerprint density at radius 2 is 1.65 bits per heavy atom. The number of hydrogen-bond acceptors (Lipinski definition) is 2. The standard InChI is InChI=1S/C21H21FN2O2/c1-3-23(4-2)21(26)20(25)17-14-24(19-12-8-6-10-16(17)19)13-15-9-5-7-11-18(15)22/h5-12,14H,3-4,13H2,1-2H3. The summed E-state index contributed by atoms with van der Waals surface area (Å²) >= 11 is 0. The van der Waals surface area contributed by atoms with Gasteiger partial charge in [-0.25, -0.2) is 4.39 Å². The Balaban J connectivity index is 2.04. The fourth-order valence-electron chi connectivity index (χ4n) is 3.14. The quantitative estimate of drug-likeness (QED) is 0.499. The summed E-state index contributed by atoms with van der Waals surface area (Å²) < 4.78 is 15.8. The van der Waals surface area contributed by atoms with Crippen LogP contribution in [-0.4, -0.2) is 34.2 Å². The average Bonchev–Trinajstić information content (AvgIpc) is 3.02. The number of carbonyl (C=O) groups excluding carboxylic acids is 2. The Kier molecular flexibility index (Phi) is 5.16. The molecule has 134 valence electrons. The number of aromatic nitrogens is 1. The zero-order chi connectivity index (χ0) is 18.7. The summed E-state index contributed by atoms with van der Waals surface area (Å²) in [5.41, 5.74) is 1.68. The van der Waals surface area contributed by atoms with E-state index in [0.717, 1.165) is 5.52 Å². The summed E-state index contributed by atoms with van der Waals surface area (Å²) in [5, 5.41) is 0.703. The first-order valence-electron chi connectivity index (χ1n) is 8.71. The number of benzene rings is 2. The van der Waals surface area contributed by atoms with Gasteiger partial charge in [-0.3, -0.25) is 9.59 Å². The predicted molar refractivity (Wildman–Crippen MR) is 99.7 cm³/mol. The normalized spacial score (nSPS) is 10.9. The van der Waals surface area contributed by atoms with E-state index in [2.05, 4.69) is 0 Å². The highest BCUT2D eigenvalue weighted by molar-refractivity contribution is 6.44. The average molecular weight is 352 g/mol. The van der Waals surface area contributed by atoms with Crippen LogP contribution in [0.1, 0.15) is 29.8 Å². The SMILES string of the molecule is CCN(CC)C(=O)C(=O)c1cn(Cc2ccccc2F)c2ccccc12. The topological polar surface area (TPSA) is 42.3 Å². The summed E-state index contributed by atoms with van der Waals surface area (Å²) in [4.78, 5) is 26.8. The third kappa shape index (κ3) is 3.25. The van der Waals surface area contributed by atoms with Gasteiger partial charge in [-0.05, 0) is 26.0 Å². The Morgan fingerprint density at radius 1 is 1.00 bits per heavy atom. The number of halogens is 1. The third-order valence-corrected chi connectivity index (χ3v) is 4.58. The number of Topliss-reactive ketones (excluding diaryl/α,β-unsaturated/α-hetero) is 1. The molecule has 3 aromatic rings. The van der Waals surface area contributed by atoms with Crippen molar-refractivity contribution in [3.8, 4) is 0 Å². The minimum Gasteiger partial charge on any atom is -0.342 e. The number of likely N-dealkylation sites (N-methyl/N-ethyl adjacent to an activating group) is 1. The molecule has 0 aliphatic carbocycles. The van der Waals surface area contributed by atoms with Crippen molar-refractivity contribution in [2.24, 2.45) is 0 Å². The lowest BCUT2D eigenvalue weighted by Crippen LogP contribution is -2.36. The second kappa shape index (κ2) is 7.52. The van der Waals surface area contributed by atoms with Gasteiger partial charge in [0, 0.05) is 35.8 Å². The van der Waals surface area contributed by atoms with Gasteiger partial charge < -0.3 is 9.47 Å². The first kappa shape index (κ1) is 17.9. The highest BCUT2D eigenvalue weighted by atomic mass is 19.1. The van der Waals surface area contributed by atoms with Crippen LogP contribution in [0.25, 0.3) is 10.9 Å². The number of ketones is 1. The Labute approximate surface area is 151 Å². The lowest BCUT2D eigenvalue weighted by atomic mass is 10.1.